The van der Waals surface area contributed by atoms with Gasteiger partial charge in [-0.3, -0.25) is 14.6 Å². The molecular weight excluding hydrogens is 412 g/mol. The number of nitrogens with zero attached hydrogens (tertiary/aromatic N) is 4. The monoisotopic (exact) mass is 444 g/mol. The van der Waals surface area contributed by atoms with Gasteiger partial charge in [-0.15, -0.1) is 0 Å². The lowest BCUT2D eigenvalue weighted by Gasteiger charge is -2.30. The van der Waals surface area contributed by atoms with Gasteiger partial charge >= 0.3 is 0 Å². The number of carbonyl (C=O) groups excluding carboxylic acids is 1. The number of fused-ring (bicyclic) bond motifs is 1. The van der Waals surface area contributed by atoms with Gasteiger partial charge in [-0.1, -0.05) is 55.5 Å². The zero-order chi connectivity index (χ0) is 23.2. The Morgan fingerprint density at radius 3 is 2.55 bits per heavy atom. The lowest BCUT2D eigenvalue weighted by Crippen LogP contribution is -2.36. The van der Waals surface area contributed by atoms with Crippen molar-refractivity contribution in [2.45, 2.75) is 52.7 Å². The SMILES string of the molecule is CCCOc1ccccc1CN(C)Cc1nc(C)c2c(n1)N(Cc1ccccc1)C(=O)CC2. The fourth-order valence-electron chi connectivity index (χ4n) is 4.21. The Morgan fingerprint density at radius 2 is 1.76 bits per heavy atom. The minimum absolute atomic E-state index is 0.116. The molecule has 0 radical (unpaired) electrons. The van der Waals surface area contributed by atoms with E-state index >= 15 is 0 Å². The third kappa shape index (κ3) is 5.57. The van der Waals surface area contributed by atoms with Gasteiger partial charge in [-0.25, -0.2) is 9.97 Å². The first-order chi connectivity index (χ1) is 16.0. The molecule has 0 bridgehead atoms. The molecule has 0 saturated heterocycles. The highest BCUT2D eigenvalue weighted by Crippen LogP contribution is 2.29. The highest BCUT2D eigenvalue weighted by atomic mass is 16.5. The topological polar surface area (TPSA) is 58.6 Å². The Labute approximate surface area is 196 Å². The van der Waals surface area contributed by atoms with Crippen molar-refractivity contribution in [3.63, 3.8) is 0 Å². The first kappa shape index (κ1) is 22.9. The first-order valence-electron chi connectivity index (χ1n) is 11.6. The summed E-state index contributed by atoms with van der Waals surface area (Å²) in [6, 6.07) is 18.2. The van der Waals surface area contributed by atoms with Crippen molar-refractivity contribution >= 4 is 11.7 Å². The van der Waals surface area contributed by atoms with Crippen LogP contribution in [0.2, 0.25) is 0 Å². The van der Waals surface area contributed by atoms with E-state index in [0.717, 1.165) is 52.7 Å². The van der Waals surface area contributed by atoms with Gasteiger partial charge in [0.15, 0.2) is 0 Å². The molecule has 172 valence electrons. The van der Waals surface area contributed by atoms with Crippen molar-refractivity contribution in [3.05, 3.63) is 82.8 Å². The molecule has 1 aromatic heterocycles. The predicted octanol–water partition coefficient (Wildman–Crippen LogP) is 4.69. The fraction of sp³-hybridized carbons (Fsp3) is 0.370. The summed E-state index contributed by atoms with van der Waals surface area (Å²) in [4.78, 5) is 26.5. The third-order valence-electron chi connectivity index (χ3n) is 5.85. The molecule has 6 nitrogen and oxygen atoms in total. The normalized spacial score (nSPS) is 13.3. The van der Waals surface area contributed by atoms with E-state index in [1.807, 2.05) is 60.4 Å². The molecule has 4 rings (SSSR count). The lowest BCUT2D eigenvalue weighted by atomic mass is 10.0. The highest BCUT2D eigenvalue weighted by molar-refractivity contribution is 5.95. The summed E-state index contributed by atoms with van der Waals surface area (Å²) in [7, 11) is 2.06. The van der Waals surface area contributed by atoms with Gasteiger partial charge in [0.25, 0.3) is 0 Å². The molecule has 0 unspecified atom stereocenters. The number of benzene rings is 2. The molecule has 2 aromatic carbocycles. The Bertz CT molecular complexity index is 1100. The quantitative estimate of drug-likeness (QED) is 0.479. The summed E-state index contributed by atoms with van der Waals surface area (Å²) in [5.41, 5.74) is 4.28. The average molecular weight is 445 g/mol. The standard InChI is InChI=1S/C27H32N4O2/c1-4-16-33-24-13-9-8-12-22(24)18-30(3)19-25-28-20(2)23-14-15-26(32)31(27(23)29-25)17-21-10-6-5-7-11-21/h5-13H,4,14-19H2,1-3H3. The number of para-hydroxylation sites is 1. The molecule has 6 heteroatoms. The van der Waals surface area contributed by atoms with Crippen molar-refractivity contribution in [2.75, 3.05) is 18.6 Å². The van der Waals surface area contributed by atoms with Crippen LogP contribution in [-0.4, -0.2) is 34.4 Å². The van der Waals surface area contributed by atoms with Crippen LogP contribution >= 0.6 is 0 Å². The van der Waals surface area contributed by atoms with Crippen LogP contribution in [0.3, 0.4) is 0 Å². The van der Waals surface area contributed by atoms with Gasteiger partial charge in [0.2, 0.25) is 5.91 Å². The van der Waals surface area contributed by atoms with Gasteiger partial charge in [-0.2, -0.15) is 0 Å². The van der Waals surface area contributed by atoms with Crippen LogP contribution in [0.4, 0.5) is 5.82 Å². The number of rotatable bonds is 9. The van der Waals surface area contributed by atoms with Crippen LogP contribution in [0, 0.1) is 6.92 Å². The Hall–Kier alpha value is -3.25. The molecule has 3 aromatic rings. The third-order valence-corrected chi connectivity index (χ3v) is 5.85. The van der Waals surface area contributed by atoms with E-state index in [9.17, 15) is 4.79 Å². The average Bonchev–Trinajstić information content (AvgIpc) is 2.81. The number of ether oxygens (including phenoxy) is 1. The molecule has 0 saturated carbocycles. The number of aryl methyl sites for hydroxylation is 1. The van der Waals surface area contributed by atoms with Gasteiger partial charge < -0.3 is 4.74 Å². The van der Waals surface area contributed by atoms with Crippen LogP contribution in [0.1, 0.15) is 48.0 Å². The van der Waals surface area contributed by atoms with Crippen molar-refractivity contribution < 1.29 is 9.53 Å². The molecule has 2 heterocycles. The minimum Gasteiger partial charge on any atom is -0.493 e. The van der Waals surface area contributed by atoms with Crippen molar-refractivity contribution in [3.8, 4) is 5.75 Å². The summed E-state index contributed by atoms with van der Waals surface area (Å²) in [6.45, 7) is 6.68. The maximum absolute atomic E-state index is 12.8. The number of hydrogen-bond donors (Lipinski definition) is 0. The largest absolute Gasteiger partial charge is 0.493 e. The zero-order valence-electron chi connectivity index (χ0n) is 19.8. The summed E-state index contributed by atoms with van der Waals surface area (Å²) >= 11 is 0. The zero-order valence-corrected chi connectivity index (χ0v) is 19.8. The second-order valence-electron chi connectivity index (χ2n) is 8.62. The number of aromatic nitrogens is 2. The molecule has 0 atom stereocenters. The van der Waals surface area contributed by atoms with E-state index in [-0.39, 0.29) is 5.91 Å². The Morgan fingerprint density at radius 1 is 1.00 bits per heavy atom. The van der Waals surface area contributed by atoms with Gasteiger partial charge in [0, 0.05) is 29.8 Å². The number of hydrogen-bond acceptors (Lipinski definition) is 5. The summed E-state index contributed by atoms with van der Waals surface area (Å²) < 4.78 is 5.91. The van der Waals surface area contributed by atoms with E-state index in [1.165, 1.54) is 0 Å². The maximum atomic E-state index is 12.8. The summed E-state index contributed by atoms with van der Waals surface area (Å²) in [6.07, 6.45) is 2.17. The van der Waals surface area contributed by atoms with E-state index in [2.05, 4.69) is 24.9 Å². The fourth-order valence-corrected chi connectivity index (χ4v) is 4.21. The molecule has 0 fully saturated rings. The van der Waals surface area contributed by atoms with Crippen LogP contribution in [-0.2, 0) is 30.8 Å². The van der Waals surface area contributed by atoms with Gasteiger partial charge in [-0.05, 0) is 38.4 Å². The highest BCUT2D eigenvalue weighted by Gasteiger charge is 2.28. The molecule has 1 amide bonds. The Kier molecular flexibility index (Phi) is 7.35. The molecule has 1 aliphatic rings. The molecular formula is C27H32N4O2. The summed E-state index contributed by atoms with van der Waals surface area (Å²) in [5.74, 6) is 2.53. The molecule has 33 heavy (non-hydrogen) atoms. The van der Waals surface area contributed by atoms with E-state index in [1.54, 1.807) is 0 Å². The first-order valence-corrected chi connectivity index (χ1v) is 11.6. The van der Waals surface area contributed by atoms with Crippen LogP contribution < -0.4 is 9.64 Å². The van der Waals surface area contributed by atoms with Crippen molar-refractivity contribution in [1.82, 2.24) is 14.9 Å². The predicted molar refractivity (Wildman–Crippen MR) is 130 cm³/mol. The molecule has 0 aliphatic carbocycles. The smallest absolute Gasteiger partial charge is 0.228 e. The second-order valence-corrected chi connectivity index (χ2v) is 8.62. The molecule has 0 spiro atoms. The van der Waals surface area contributed by atoms with E-state index in [4.69, 9.17) is 14.7 Å². The van der Waals surface area contributed by atoms with Crippen LogP contribution in [0.5, 0.6) is 5.75 Å². The van der Waals surface area contributed by atoms with Crippen molar-refractivity contribution in [2.24, 2.45) is 0 Å². The Balaban J connectivity index is 1.54. The van der Waals surface area contributed by atoms with Crippen LogP contribution in [0.15, 0.2) is 54.6 Å². The van der Waals surface area contributed by atoms with Gasteiger partial charge in [0.1, 0.15) is 17.4 Å². The van der Waals surface area contributed by atoms with Crippen molar-refractivity contribution in [1.29, 1.82) is 0 Å². The lowest BCUT2D eigenvalue weighted by molar-refractivity contribution is -0.119. The molecule has 0 N–H and O–H groups in total. The van der Waals surface area contributed by atoms with E-state index in [0.29, 0.717) is 32.5 Å². The maximum Gasteiger partial charge on any atom is 0.228 e. The number of anilines is 1. The van der Waals surface area contributed by atoms with E-state index < -0.39 is 0 Å². The summed E-state index contributed by atoms with van der Waals surface area (Å²) in [5, 5.41) is 0. The molecule has 1 aliphatic heterocycles. The second kappa shape index (κ2) is 10.6. The number of carbonyl (C=O) groups is 1. The van der Waals surface area contributed by atoms with Gasteiger partial charge in [0.05, 0.1) is 19.7 Å². The van der Waals surface area contributed by atoms with Crippen LogP contribution in [0.25, 0.3) is 0 Å². The number of amides is 1. The minimum atomic E-state index is 0.116.